The number of hydrogen-bond donors (Lipinski definition) is 1. The number of methoxy groups -OCH3 is 2. The van der Waals surface area contributed by atoms with E-state index in [4.69, 9.17) is 18.9 Å². The Labute approximate surface area is 233 Å². The molecule has 0 saturated carbocycles. The van der Waals surface area contributed by atoms with Gasteiger partial charge in [0.2, 0.25) is 0 Å². The molecule has 3 aromatic carbocycles. The van der Waals surface area contributed by atoms with Crippen molar-refractivity contribution < 1.29 is 18.9 Å². The van der Waals surface area contributed by atoms with Crippen molar-refractivity contribution in [1.29, 1.82) is 0 Å². The van der Waals surface area contributed by atoms with Crippen molar-refractivity contribution in [2.24, 2.45) is 0 Å². The van der Waals surface area contributed by atoms with Crippen LogP contribution in [0.2, 0.25) is 0 Å². The molecule has 1 aromatic heterocycles. The molecule has 1 saturated heterocycles. The molecule has 1 fully saturated rings. The van der Waals surface area contributed by atoms with Gasteiger partial charge >= 0.3 is 5.69 Å². The normalized spacial score (nSPS) is 17.9. The second-order valence-corrected chi connectivity index (χ2v) is 9.99. The molecular weight excluding hydrogens is 508 g/mol. The van der Waals surface area contributed by atoms with Crippen LogP contribution in [0.1, 0.15) is 48.2 Å². The number of H-pyrrole nitrogens is 1. The standard InChI is InChI=1S/C32H34N2O6/c1-21-20-34(31(36)33-30(21)35)29-18-17-27(39-29)22(2)40-32(23-11-7-5-8-12-23,24-13-9-6-10-14-24)26-19-25(37-3)15-16-28(26)38-4/h5-16,19-20,22,27,29H,17-18H2,1-4H3,(H,33,35,36)/t22?,27-,29+/m0/s1. The number of ether oxygens (including phenoxy) is 4. The van der Waals surface area contributed by atoms with Gasteiger partial charge in [0.05, 0.1) is 26.4 Å². The molecule has 0 aliphatic carbocycles. The minimum Gasteiger partial charge on any atom is -0.497 e. The Morgan fingerprint density at radius 3 is 2.17 bits per heavy atom. The van der Waals surface area contributed by atoms with Crippen LogP contribution >= 0.6 is 0 Å². The molecule has 3 atom stereocenters. The Hall–Kier alpha value is -4.14. The maximum atomic E-state index is 12.5. The van der Waals surface area contributed by atoms with Gasteiger partial charge in [0.1, 0.15) is 23.3 Å². The zero-order valence-electron chi connectivity index (χ0n) is 23.1. The fourth-order valence-electron chi connectivity index (χ4n) is 5.46. The van der Waals surface area contributed by atoms with Crippen molar-refractivity contribution in [3.05, 3.63) is 128 Å². The van der Waals surface area contributed by atoms with Gasteiger partial charge in [-0.2, -0.15) is 0 Å². The smallest absolute Gasteiger partial charge is 0.330 e. The third kappa shape index (κ3) is 5.08. The van der Waals surface area contributed by atoms with Crippen LogP contribution in [0.15, 0.2) is 94.6 Å². The fourth-order valence-corrected chi connectivity index (χ4v) is 5.46. The van der Waals surface area contributed by atoms with E-state index in [-0.39, 0.29) is 6.10 Å². The minimum absolute atomic E-state index is 0.312. The molecule has 5 rings (SSSR count). The van der Waals surface area contributed by atoms with Gasteiger partial charge < -0.3 is 18.9 Å². The van der Waals surface area contributed by atoms with Gasteiger partial charge in [0.15, 0.2) is 0 Å². The number of benzene rings is 3. The van der Waals surface area contributed by atoms with Crippen molar-refractivity contribution in [3.8, 4) is 11.5 Å². The molecule has 4 aromatic rings. The highest BCUT2D eigenvalue weighted by Gasteiger charge is 2.44. The Morgan fingerprint density at radius 2 is 1.57 bits per heavy atom. The predicted octanol–water partition coefficient (Wildman–Crippen LogP) is 4.94. The zero-order chi connectivity index (χ0) is 28.3. The van der Waals surface area contributed by atoms with Crippen molar-refractivity contribution in [2.75, 3.05) is 14.2 Å². The second-order valence-electron chi connectivity index (χ2n) is 9.99. The summed E-state index contributed by atoms with van der Waals surface area (Å²) in [4.78, 5) is 26.8. The van der Waals surface area contributed by atoms with Crippen LogP contribution in [0, 0.1) is 6.92 Å². The lowest BCUT2D eigenvalue weighted by Crippen LogP contribution is -2.41. The molecular formula is C32H34N2O6. The highest BCUT2D eigenvalue weighted by molar-refractivity contribution is 5.55. The number of aryl methyl sites for hydroxylation is 1. The van der Waals surface area contributed by atoms with Gasteiger partial charge in [-0.15, -0.1) is 0 Å². The van der Waals surface area contributed by atoms with E-state index in [2.05, 4.69) is 4.98 Å². The molecule has 40 heavy (non-hydrogen) atoms. The second kappa shape index (κ2) is 11.5. The summed E-state index contributed by atoms with van der Waals surface area (Å²) < 4.78 is 26.5. The highest BCUT2D eigenvalue weighted by Crippen LogP contribution is 2.47. The number of rotatable bonds is 9. The summed E-state index contributed by atoms with van der Waals surface area (Å²) in [6, 6.07) is 25.8. The summed E-state index contributed by atoms with van der Waals surface area (Å²) in [5, 5.41) is 0. The average molecular weight is 543 g/mol. The summed E-state index contributed by atoms with van der Waals surface area (Å²) in [6.45, 7) is 3.66. The van der Waals surface area contributed by atoms with Crippen LogP contribution in [0.25, 0.3) is 0 Å². The van der Waals surface area contributed by atoms with E-state index in [1.807, 2.05) is 85.8 Å². The third-order valence-corrected chi connectivity index (χ3v) is 7.52. The first-order valence-corrected chi connectivity index (χ1v) is 13.4. The van der Waals surface area contributed by atoms with Crippen LogP contribution in [0.3, 0.4) is 0 Å². The fraction of sp³-hybridized carbons (Fsp3) is 0.312. The van der Waals surface area contributed by atoms with E-state index in [0.717, 1.165) is 16.7 Å². The van der Waals surface area contributed by atoms with Gasteiger partial charge in [-0.25, -0.2) is 4.79 Å². The van der Waals surface area contributed by atoms with E-state index < -0.39 is 29.2 Å². The summed E-state index contributed by atoms with van der Waals surface area (Å²) in [5.74, 6) is 1.33. The Balaban J connectivity index is 1.60. The van der Waals surface area contributed by atoms with Crippen LogP contribution < -0.4 is 20.7 Å². The first-order valence-electron chi connectivity index (χ1n) is 13.4. The number of nitrogens with zero attached hydrogens (tertiary/aromatic N) is 1. The van der Waals surface area contributed by atoms with Crippen molar-refractivity contribution in [3.63, 3.8) is 0 Å². The van der Waals surface area contributed by atoms with E-state index in [1.54, 1.807) is 27.3 Å². The van der Waals surface area contributed by atoms with Crippen LogP contribution in [0.4, 0.5) is 0 Å². The summed E-state index contributed by atoms with van der Waals surface area (Å²) in [5.41, 5.74) is 1.13. The Bertz CT molecular complexity index is 1520. The zero-order valence-corrected chi connectivity index (χ0v) is 23.1. The van der Waals surface area contributed by atoms with Gasteiger partial charge in [-0.3, -0.25) is 14.3 Å². The molecule has 0 spiro atoms. The van der Waals surface area contributed by atoms with E-state index in [1.165, 1.54) is 4.57 Å². The van der Waals surface area contributed by atoms with E-state index in [9.17, 15) is 9.59 Å². The molecule has 0 bridgehead atoms. The minimum atomic E-state index is -1.07. The molecule has 1 aliphatic heterocycles. The molecule has 1 N–H and O–H groups in total. The molecule has 1 aliphatic rings. The monoisotopic (exact) mass is 542 g/mol. The Kier molecular flexibility index (Phi) is 7.91. The quantitative estimate of drug-likeness (QED) is 0.302. The van der Waals surface area contributed by atoms with Crippen molar-refractivity contribution in [1.82, 2.24) is 9.55 Å². The Morgan fingerprint density at radius 1 is 0.925 bits per heavy atom. The molecule has 8 nitrogen and oxygen atoms in total. The lowest BCUT2D eigenvalue weighted by atomic mass is 9.79. The lowest BCUT2D eigenvalue weighted by molar-refractivity contribution is -0.122. The first-order chi connectivity index (χ1) is 19.4. The summed E-state index contributed by atoms with van der Waals surface area (Å²) in [7, 11) is 3.28. The van der Waals surface area contributed by atoms with Crippen LogP contribution in [-0.2, 0) is 15.1 Å². The van der Waals surface area contributed by atoms with Gasteiger partial charge in [-0.05, 0) is 56.0 Å². The number of hydrogen-bond acceptors (Lipinski definition) is 6. The first kappa shape index (κ1) is 27.4. The molecule has 0 amide bonds. The van der Waals surface area contributed by atoms with Gasteiger partial charge in [0, 0.05) is 17.3 Å². The molecule has 208 valence electrons. The molecule has 0 radical (unpaired) electrons. The van der Waals surface area contributed by atoms with Crippen LogP contribution in [0.5, 0.6) is 11.5 Å². The lowest BCUT2D eigenvalue weighted by Gasteiger charge is -2.40. The molecule has 2 heterocycles. The largest absolute Gasteiger partial charge is 0.497 e. The third-order valence-electron chi connectivity index (χ3n) is 7.52. The summed E-state index contributed by atoms with van der Waals surface area (Å²) >= 11 is 0. The van der Waals surface area contributed by atoms with Crippen molar-refractivity contribution >= 4 is 0 Å². The summed E-state index contributed by atoms with van der Waals surface area (Å²) in [6.07, 6.45) is 1.61. The highest BCUT2D eigenvalue weighted by atomic mass is 16.6. The SMILES string of the molecule is COc1ccc(OC)c(C(OC(C)[C@@H]2CC[C@H](n3cc(C)c(=O)[nH]c3=O)O2)(c2ccccc2)c2ccccc2)c1. The maximum absolute atomic E-state index is 12.5. The predicted molar refractivity (Wildman–Crippen MR) is 152 cm³/mol. The van der Waals surface area contributed by atoms with Gasteiger partial charge in [-0.1, -0.05) is 60.7 Å². The van der Waals surface area contributed by atoms with Gasteiger partial charge in [0.25, 0.3) is 5.56 Å². The topological polar surface area (TPSA) is 91.8 Å². The number of aromatic nitrogens is 2. The average Bonchev–Trinajstić information content (AvgIpc) is 3.48. The molecule has 1 unspecified atom stereocenters. The number of aromatic amines is 1. The maximum Gasteiger partial charge on any atom is 0.330 e. The van der Waals surface area contributed by atoms with E-state index in [0.29, 0.717) is 29.9 Å². The number of nitrogens with one attached hydrogen (secondary N) is 1. The van der Waals surface area contributed by atoms with Crippen molar-refractivity contribution in [2.45, 2.75) is 50.7 Å². The molecule has 8 heteroatoms. The van der Waals surface area contributed by atoms with Crippen LogP contribution in [-0.4, -0.2) is 36.0 Å². The van der Waals surface area contributed by atoms with E-state index >= 15 is 0 Å².